The molecular weight excluding hydrogens is 290 g/mol. The number of nitrogens with one attached hydrogen (secondary N) is 1. The van der Waals surface area contributed by atoms with Gasteiger partial charge in [0.25, 0.3) is 0 Å². The Kier molecular flexibility index (Phi) is 5.04. The first-order chi connectivity index (χ1) is 10.6. The zero-order chi connectivity index (χ0) is 17.3. The number of carbonyl (C=O) groups excluding carboxylic acids is 1. The van der Waals surface area contributed by atoms with Gasteiger partial charge in [-0.1, -0.05) is 25.1 Å². The molecule has 1 heterocycles. The Bertz CT molecular complexity index is 565. The predicted octanol–water partition coefficient (Wildman–Crippen LogP) is 3.65. The summed E-state index contributed by atoms with van der Waals surface area (Å²) in [6.07, 6.45) is 1.27. The molecule has 1 saturated heterocycles. The Morgan fingerprint density at radius 2 is 2.00 bits per heavy atom. The second kappa shape index (κ2) is 6.52. The Labute approximate surface area is 139 Å². The van der Waals surface area contributed by atoms with Crippen LogP contribution in [0, 0.1) is 0 Å². The molecule has 1 aliphatic rings. The normalized spacial score (nSPS) is 23.3. The Hall–Kier alpha value is -1.55. The van der Waals surface area contributed by atoms with Crippen molar-refractivity contribution in [3.05, 3.63) is 29.8 Å². The van der Waals surface area contributed by atoms with Crippen molar-refractivity contribution >= 4 is 5.91 Å². The summed E-state index contributed by atoms with van der Waals surface area (Å²) in [7, 11) is 1.66. The SMILES string of the molecule is COc1ccccc1[C@@H](C)CC(=O)N[C@H]1CC(C)(C)OC1(C)C. The number of benzene rings is 1. The molecule has 2 rings (SSSR count). The molecule has 23 heavy (non-hydrogen) atoms. The van der Waals surface area contributed by atoms with E-state index >= 15 is 0 Å². The highest BCUT2D eigenvalue weighted by atomic mass is 16.5. The van der Waals surface area contributed by atoms with Crippen LogP contribution in [0.3, 0.4) is 0 Å². The number of ether oxygens (including phenoxy) is 2. The first-order valence-corrected chi connectivity index (χ1v) is 8.27. The van der Waals surface area contributed by atoms with Crippen LogP contribution in [0.25, 0.3) is 0 Å². The first-order valence-electron chi connectivity index (χ1n) is 8.27. The Balaban J connectivity index is 2.00. The minimum Gasteiger partial charge on any atom is -0.496 e. The van der Waals surface area contributed by atoms with E-state index in [0.29, 0.717) is 6.42 Å². The lowest BCUT2D eigenvalue weighted by Gasteiger charge is -2.28. The van der Waals surface area contributed by atoms with Crippen LogP contribution in [-0.4, -0.2) is 30.3 Å². The number of hydrogen-bond donors (Lipinski definition) is 1. The van der Waals surface area contributed by atoms with Crippen LogP contribution in [0.2, 0.25) is 0 Å². The van der Waals surface area contributed by atoms with Crippen molar-refractivity contribution < 1.29 is 14.3 Å². The maximum absolute atomic E-state index is 12.5. The first kappa shape index (κ1) is 17.8. The van der Waals surface area contributed by atoms with Gasteiger partial charge in [-0.05, 0) is 51.7 Å². The summed E-state index contributed by atoms with van der Waals surface area (Å²) in [4.78, 5) is 12.5. The molecular formula is C19H29NO3. The van der Waals surface area contributed by atoms with E-state index in [9.17, 15) is 4.79 Å². The Morgan fingerprint density at radius 1 is 1.35 bits per heavy atom. The topological polar surface area (TPSA) is 47.6 Å². The van der Waals surface area contributed by atoms with Gasteiger partial charge in [-0.3, -0.25) is 4.79 Å². The number of rotatable bonds is 5. The van der Waals surface area contributed by atoms with Crippen molar-refractivity contribution in [2.24, 2.45) is 0 Å². The number of amides is 1. The van der Waals surface area contributed by atoms with Gasteiger partial charge in [0.15, 0.2) is 0 Å². The van der Waals surface area contributed by atoms with Gasteiger partial charge in [-0.25, -0.2) is 0 Å². The van der Waals surface area contributed by atoms with Crippen molar-refractivity contribution in [1.29, 1.82) is 0 Å². The highest BCUT2D eigenvalue weighted by Gasteiger charge is 2.46. The number of carbonyl (C=O) groups is 1. The summed E-state index contributed by atoms with van der Waals surface area (Å²) < 4.78 is 11.4. The molecule has 1 fully saturated rings. The number of methoxy groups -OCH3 is 1. The minimum atomic E-state index is -0.340. The minimum absolute atomic E-state index is 0.0369. The van der Waals surface area contributed by atoms with Gasteiger partial charge in [-0.15, -0.1) is 0 Å². The summed E-state index contributed by atoms with van der Waals surface area (Å²) in [6, 6.07) is 7.90. The van der Waals surface area contributed by atoms with Crippen molar-refractivity contribution in [3.63, 3.8) is 0 Å². The van der Waals surface area contributed by atoms with E-state index in [0.717, 1.165) is 17.7 Å². The van der Waals surface area contributed by atoms with Crippen LogP contribution >= 0.6 is 0 Å². The van der Waals surface area contributed by atoms with E-state index in [4.69, 9.17) is 9.47 Å². The summed E-state index contributed by atoms with van der Waals surface area (Å²) in [6.45, 7) is 10.3. The fourth-order valence-electron chi connectivity index (χ4n) is 3.50. The van der Waals surface area contributed by atoms with Gasteiger partial charge in [0.2, 0.25) is 5.91 Å². The van der Waals surface area contributed by atoms with E-state index in [1.165, 1.54) is 0 Å². The summed E-state index contributed by atoms with van der Waals surface area (Å²) in [5.41, 5.74) is 0.523. The van der Waals surface area contributed by atoms with Crippen LogP contribution in [0.4, 0.5) is 0 Å². The summed E-state index contributed by atoms with van der Waals surface area (Å²) >= 11 is 0. The summed E-state index contributed by atoms with van der Waals surface area (Å²) in [5, 5.41) is 3.16. The third-order valence-corrected chi connectivity index (χ3v) is 4.57. The monoisotopic (exact) mass is 319 g/mol. The Morgan fingerprint density at radius 3 is 2.57 bits per heavy atom. The molecule has 1 amide bonds. The molecule has 0 spiro atoms. The van der Waals surface area contributed by atoms with Crippen LogP contribution in [-0.2, 0) is 9.53 Å². The molecule has 4 heteroatoms. The van der Waals surface area contributed by atoms with Gasteiger partial charge in [-0.2, -0.15) is 0 Å². The molecule has 1 aliphatic heterocycles. The zero-order valence-corrected chi connectivity index (χ0v) is 15.1. The third kappa shape index (κ3) is 4.25. The lowest BCUT2D eigenvalue weighted by Crippen LogP contribution is -2.46. The van der Waals surface area contributed by atoms with Crippen LogP contribution in [0.15, 0.2) is 24.3 Å². The molecule has 1 aromatic carbocycles. The van der Waals surface area contributed by atoms with E-state index in [1.807, 2.05) is 38.1 Å². The van der Waals surface area contributed by atoms with Gasteiger partial charge >= 0.3 is 0 Å². The van der Waals surface area contributed by atoms with E-state index in [2.05, 4.69) is 26.1 Å². The van der Waals surface area contributed by atoms with Crippen molar-refractivity contribution in [1.82, 2.24) is 5.32 Å². The van der Waals surface area contributed by atoms with Gasteiger partial charge in [0.05, 0.1) is 24.4 Å². The van der Waals surface area contributed by atoms with E-state index in [-0.39, 0.29) is 29.1 Å². The van der Waals surface area contributed by atoms with Crippen molar-refractivity contribution in [3.8, 4) is 5.75 Å². The largest absolute Gasteiger partial charge is 0.496 e. The van der Waals surface area contributed by atoms with Gasteiger partial charge in [0, 0.05) is 6.42 Å². The molecule has 4 nitrogen and oxygen atoms in total. The van der Waals surface area contributed by atoms with Gasteiger partial charge in [0.1, 0.15) is 5.75 Å². The number of para-hydroxylation sites is 1. The van der Waals surface area contributed by atoms with Crippen LogP contribution in [0.5, 0.6) is 5.75 Å². The fraction of sp³-hybridized carbons (Fsp3) is 0.632. The standard InChI is InChI=1S/C19H29NO3/c1-13(14-9-7-8-10-15(14)22-6)11-17(21)20-16-12-18(2,3)23-19(16,4)5/h7-10,13,16H,11-12H2,1-6H3,(H,20,21)/t13-,16-/m0/s1. The average molecular weight is 319 g/mol. The predicted molar refractivity (Wildman–Crippen MR) is 91.8 cm³/mol. The third-order valence-electron chi connectivity index (χ3n) is 4.57. The molecule has 0 aliphatic carbocycles. The van der Waals surface area contributed by atoms with E-state index < -0.39 is 0 Å². The van der Waals surface area contributed by atoms with Crippen LogP contribution in [0.1, 0.15) is 58.9 Å². The molecule has 128 valence electrons. The average Bonchev–Trinajstić information content (AvgIpc) is 2.65. The highest BCUT2D eigenvalue weighted by molar-refractivity contribution is 5.77. The zero-order valence-electron chi connectivity index (χ0n) is 15.1. The van der Waals surface area contributed by atoms with Crippen molar-refractivity contribution in [2.45, 2.75) is 70.6 Å². The molecule has 0 radical (unpaired) electrons. The smallest absolute Gasteiger partial charge is 0.220 e. The summed E-state index contributed by atoms with van der Waals surface area (Å²) in [5.74, 6) is 0.992. The van der Waals surface area contributed by atoms with Crippen molar-refractivity contribution in [2.75, 3.05) is 7.11 Å². The maximum atomic E-state index is 12.5. The second-order valence-electron chi connectivity index (χ2n) is 7.64. The van der Waals surface area contributed by atoms with E-state index in [1.54, 1.807) is 7.11 Å². The van der Waals surface area contributed by atoms with Gasteiger partial charge < -0.3 is 14.8 Å². The molecule has 0 bridgehead atoms. The molecule has 0 saturated carbocycles. The fourth-order valence-corrected chi connectivity index (χ4v) is 3.50. The lowest BCUT2D eigenvalue weighted by molar-refractivity contribution is -0.124. The highest BCUT2D eigenvalue weighted by Crippen LogP contribution is 2.37. The number of hydrogen-bond acceptors (Lipinski definition) is 3. The van der Waals surface area contributed by atoms with Crippen LogP contribution < -0.4 is 10.1 Å². The molecule has 0 aromatic heterocycles. The molecule has 2 atom stereocenters. The second-order valence-corrected chi connectivity index (χ2v) is 7.64. The maximum Gasteiger partial charge on any atom is 0.220 e. The molecule has 1 N–H and O–H groups in total. The quantitative estimate of drug-likeness (QED) is 0.901. The lowest BCUT2D eigenvalue weighted by atomic mass is 9.93. The molecule has 0 unspecified atom stereocenters. The molecule has 1 aromatic rings.